The Bertz CT molecular complexity index is 901. The molecule has 4 nitrogen and oxygen atoms in total. The molecule has 0 bridgehead atoms. The third-order valence-corrected chi connectivity index (χ3v) is 5.86. The minimum Gasteiger partial charge on any atom is -0.350 e. The van der Waals surface area contributed by atoms with Gasteiger partial charge in [0.25, 0.3) is 0 Å². The molecular formula is C22H24Cl4N2O2. The van der Waals surface area contributed by atoms with Gasteiger partial charge in [-0.15, -0.1) is 0 Å². The zero-order valence-corrected chi connectivity index (χ0v) is 20.3. The first-order valence-corrected chi connectivity index (χ1v) is 10.9. The van der Waals surface area contributed by atoms with Crippen LogP contribution in [0.5, 0.6) is 0 Å². The fourth-order valence-electron chi connectivity index (χ4n) is 2.86. The minimum atomic E-state index is -0.773. The van der Waals surface area contributed by atoms with E-state index in [4.69, 9.17) is 46.4 Å². The Hall–Kier alpha value is -1.46. The van der Waals surface area contributed by atoms with Gasteiger partial charge in [0.1, 0.15) is 6.04 Å². The number of amides is 2. The number of halogens is 4. The lowest BCUT2D eigenvalue weighted by Crippen LogP contribution is -2.52. The highest BCUT2D eigenvalue weighted by molar-refractivity contribution is 6.36. The fraction of sp³-hybridized carbons (Fsp3) is 0.364. The van der Waals surface area contributed by atoms with Crippen molar-refractivity contribution < 1.29 is 9.59 Å². The van der Waals surface area contributed by atoms with Crippen LogP contribution >= 0.6 is 46.4 Å². The van der Waals surface area contributed by atoms with Gasteiger partial charge >= 0.3 is 0 Å². The van der Waals surface area contributed by atoms with Crippen molar-refractivity contribution in [2.24, 2.45) is 0 Å². The van der Waals surface area contributed by atoms with E-state index in [-0.39, 0.29) is 24.8 Å². The molecule has 2 rings (SSSR count). The Labute approximate surface area is 197 Å². The van der Waals surface area contributed by atoms with Crippen molar-refractivity contribution in [3.8, 4) is 0 Å². The quantitative estimate of drug-likeness (QED) is 0.527. The van der Waals surface area contributed by atoms with Gasteiger partial charge in [0, 0.05) is 37.7 Å². The molecule has 0 spiro atoms. The Morgan fingerprint density at radius 2 is 1.33 bits per heavy atom. The number of hydrogen-bond donors (Lipinski definition) is 1. The first kappa shape index (κ1) is 24.8. The molecule has 2 aromatic carbocycles. The predicted molar refractivity (Wildman–Crippen MR) is 125 cm³/mol. The smallest absolute Gasteiger partial charge is 0.242 e. The van der Waals surface area contributed by atoms with Gasteiger partial charge in [-0.3, -0.25) is 9.59 Å². The van der Waals surface area contributed by atoms with Gasteiger partial charge in [-0.2, -0.15) is 0 Å². The van der Waals surface area contributed by atoms with Crippen LogP contribution in [0.4, 0.5) is 0 Å². The average molecular weight is 490 g/mol. The van der Waals surface area contributed by atoms with E-state index >= 15 is 0 Å². The van der Waals surface area contributed by atoms with Crippen molar-refractivity contribution in [1.82, 2.24) is 10.2 Å². The second-order valence-electron chi connectivity index (χ2n) is 8.01. The largest absolute Gasteiger partial charge is 0.350 e. The van der Waals surface area contributed by atoms with Gasteiger partial charge in [0.2, 0.25) is 11.8 Å². The van der Waals surface area contributed by atoms with Crippen molar-refractivity contribution in [2.75, 3.05) is 0 Å². The summed E-state index contributed by atoms with van der Waals surface area (Å²) in [7, 11) is 0. The summed E-state index contributed by atoms with van der Waals surface area (Å²) in [6.45, 7) is 7.35. The molecule has 30 heavy (non-hydrogen) atoms. The van der Waals surface area contributed by atoms with E-state index in [1.807, 2.05) is 20.8 Å². The van der Waals surface area contributed by atoms with Crippen molar-refractivity contribution in [1.29, 1.82) is 0 Å². The fourth-order valence-corrected chi connectivity index (χ4v) is 3.91. The maximum absolute atomic E-state index is 13.3. The number of benzene rings is 2. The number of hydrogen-bond acceptors (Lipinski definition) is 2. The molecule has 0 saturated carbocycles. The standard InChI is InChI=1S/C22H24Cl4N2O2/c1-13(21(30)27-22(2,3)4)28(12-15-18(25)9-6-10-19(15)26)20(29)11-14-16(23)7-5-8-17(14)24/h5-10,13H,11-12H2,1-4H3,(H,27,30)/t13-/m0/s1. The van der Waals surface area contributed by atoms with E-state index in [1.54, 1.807) is 43.3 Å². The topological polar surface area (TPSA) is 49.4 Å². The van der Waals surface area contributed by atoms with E-state index in [9.17, 15) is 9.59 Å². The lowest BCUT2D eigenvalue weighted by molar-refractivity contribution is -0.140. The van der Waals surface area contributed by atoms with E-state index < -0.39 is 11.6 Å². The van der Waals surface area contributed by atoms with E-state index in [0.717, 1.165) is 0 Å². The third-order valence-electron chi connectivity index (χ3n) is 4.45. The van der Waals surface area contributed by atoms with Gasteiger partial charge in [0.15, 0.2) is 0 Å². The van der Waals surface area contributed by atoms with Gasteiger partial charge in [-0.25, -0.2) is 0 Å². The molecule has 0 unspecified atom stereocenters. The van der Waals surface area contributed by atoms with E-state index in [0.29, 0.717) is 31.2 Å². The molecule has 0 aliphatic heterocycles. The molecule has 2 amide bonds. The molecule has 0 aliphatic rings. The molecule has 0 fully saturated rings. The molecule has 0 heterocycles. The second kappa shape index (κ2) is 10.2. The third kappa shape index (κ3) is 6.52. The zero-order chi connectivity index (χ0) is 22.6. The summed E-state index contributed by atoms with van der Waals surface area (Å²) >= 11 is 25.1. The van der Waals surface area contributed by atoms with Crippen LogP contribution in [-0.2, 0) is 22.6 Å². The first-order chi connectivity index (χ1) is 13.9. The van der Waals surface area contributed by atoms with Gasteiger partial charge in [-0.1, -0.05) is 58.5 Å². The molecule has 2 aromatic rings. The normalized spacial score (nSPS) is 12.4. The maximum atomic E-state index is 13.3. The molecular weight excluding hydrogens is 466 g/mol. The van der Waals surface area contributed by atoms with Crippen LogP contribution in [-0.4, -0.2) is 28.3 Å². The van der Waals surface area contributed by atoms with Gasteiger partial charge in [-0.05, 0) is 57.5 Å². The van der Waals surface area contributed by atoms with Crippen molar-refractivity contribution in [2.45, 2.75) is 52.2 Å². The average Bonchev–Trinajstić information content (AvgIpc) is 2.62. The monoisotopic (exact) mass is 488 g/mol. The van der Waals surface area contributed by atoms with Crippen molar-refractivity contribution >= 4 is 58.2 Å². The molecule has 162 valence electrons. The predicted octanol–water partition coefficient (Wildman–Crippen LogP) is 6.17. The summed E-state index contributed by atoms with van der Waals surface area (Å²) in [6, 6.07) is 9.37. The molecule has 0 radical (unpaired) electrons. The maximum Gasteiger partial charge on any atom is 0.242 e. The van der Waals surface area contributed by atoms with Crippen LogP contribution in [0.25, 0.3) is 0 Å². The molecule has 8 heteroatoms. The molecule has 0 saturated heterocycles. The minimum absolute atomic E-state index is 0.0618. The van der Waals surface area contributed by atoms with Crippen LogP contribution in [0.15, 0.2) is 36.4 Å². The van der Waals surface area contributed by atoms with Crippen LogP contribution in [0.3, 0.4) is 0 Å². The van der Waals surface area contributed by atoms with Gasteiger partial charge in [0.05, 0.1) is 6.42 Å². The first-order valence-electron chi connectivity index (χ1n) is 9.38. The summed E-state index contributed by atoms with van der Waals surface area (Å²) < 4.78 is 0. The Morgan fingerprint density at radius 3 is 1.77 bits per heavy atom. The number of rotatable bonds is 6. The van der Waals surface area contributed by atoms with Crippen molar-refractivity contribution in [3.05, 3.63) is 67.6 Å². The molecule has 1 atom stereocenters. The summed E-state index contributed by atoms with van der Waals surface area (Å²) in [5, 5.41) is 4.51. The number of nitrogens with zero attached hydrogens (tertiary/aromatic N) is 1. The lowest BCUT2D eigenvalue weighted by Gasteiger charge is -2.32. The molecule has 1 N–H and O–H groups in total. The van der Waals surface area contributed by atoms with Crippen LogP contribution < -0.4 is 5.32 Å². The molecule has 0 aliphatic carbocycles. The summed E-state index contributed by atoms with van der Waals surface area (Å²) in [6.07, 6.45) is -0.0618. The number of nitrogens with one attached hydrogen (secondary N) is 1. The highest BCUT2D eigenvalue weighted by Gasteiger charge is 2.30. The summed E-state index contributed by atoms with van der Waals surface area (Å²) in [4.78, 5) is 27.6. The Kier molecular flexibility index (Phi) is 8.46. The Morgan fingerprint density at radius 1 is 0.900 bits per heavy atom. The highest BCUT2D eigenvalue weighted by atomic mass is 35.5. The van der Waals surface area contributed by atoms with Gasteiger partial charge < -0.3 is 10.2 Å². The highest BCUT2D eigenvalue weighted by Crippen LogP contribution is 2.29. The SMILES string of the molecule is C[C@@H](C(=O)NC(C)(C)C)N(Cc1c(Cl)cccc1Cl)C(=O)Cc1c(Cl)cccc1Cl. The number of carbonyl (C=O) groups excluding carboxylic acids is 2. The van der Waals surface area contributed by atoms with E-state index in [2.05, 4.69) is 5.32 Å². The second-order valence-corrected chi connectivity index (χ2v) is 9.64. The zero-order valence-electron chi connectivity index (χ0n) is 17.2. The summed E-state index contributed by atoms with van der Waals surface area (Å²) in [5.74, 6) is -0.609. The lowest BCUT2D eigenvalue weighted by atomic mass is 10.1. The van der Waals surface area contributed by atoms with Crippen LogP contribution in [0.1, 0.15) is 38.8 Å². The van der Waals surface area contributed by atoms with E-state index in [1.165, 1.54) is 4.90 Å². The molecule has 0 aromatic heterocycles. The summed E-state index contributed by atoms with van der Waals surface area (Å²) in [5.41, 5.74) is 0.619. The van der Waals surface area contributed by atoms with Crippen LogP contribution in [0, 0.1) is 0 Å². The van der Waals surface area contributed by atoms with Crippen molar-refractivity contribution in [3.63, 3.8) is 0 Å². The van der Waals surface area contributed by atoms with Crippen LogP contribution in [0.2, 0.25) is 20.1 Å². The Balaban J connectivity index is 2.39. The number of carbonyl (C=O) groups is 2.